The van der Waals surface area contributed by atoms with Crippen molar-refractivity contribution in [2.45, 2.75) is 38.5 Å². The fraction of sp³-hybridized carbons (Fsp3) is 0.909. The van der Waals surface area contributed by atoms with Crippen molar-refractivity contribution in [3.05, 3.63) is 0 Å². The van der Waals surface area contributed by atoms with Gasteiger partial charge in [0.15, 0.2) is 0 Å². The summed E-state index contributed by atoms with van der Waals surface area (Å²) in [7, 11) is 1.48. The number of nitrogens with two attached hydrogens (primary N) is 1. The lowest BCUT2D eigenvalue weighted by Crippen LogP contribution is -2.23. The van der Waals surface area contributed by atoms with Crippen molar-refractivity contribution < 1.29 is 9.53 Å². The molecule has 0 bridgehead atoms. The molecule has 3 nitrogen and oxygen atoms in total. The second kappa shape index (κ2) is 6.02. The lowest BCUT2D eigenvalue weighted by atomic mass is 9.80. The Morgan fingerprint density at radius 3 is 2.50 bits per heavy atom. The molecule has 1 aliphatic carbocycles. The van der Waals surface area contributed by atoms with Crippen LogP contribution in [0.1, 0.15) is 38.5 Å². The number of carbonyl (C=O) groups is 1. The van der Waals surface area contributed by atoms with E-state index < -0.39 is 0 Å². The monoisotopic (exact) mass is 199 g/mol. The van der Waals surface area contributed by atoms with Crippen molar-refractivity contribution in [3.63, 3.8) is 0 Å². The number of hydrogen-bond acceptors (Lipinski definition) is 3. The van der Waals surface area contributed by atoms with E-state index in [9.17, 15) is 4.79 Å². The van der Waals surface area contributed by atoms with Crippen LogP contribution in [0.5, 0.6) is 0 Å². The van der Waals surface area contributed by atoms with Crippen LogP contribution in [0.15, 0.2) is 0 Å². The Morgan fingerprint density at radius 1 is 1.36 bits per heavy atom. The van der Waals surface area contributed by atoms with E-state index in [-0.39, 0.29) is 11.9 Å². The summed E-state index contributed by atoms with van der Waals surface area (Å²) in [4.78, 5) is 11.2. The van der Waals surface area contributed by atoms with Gasteiger partial charge in [0.05, 0.1) is 13.0 Å². The van der Waals surface area contributed by atoms with Gasteiger partial charge in [-0.2, -0.15) is 0 Å². The first kappa shape index (κ1) is 11.5. The number of hydrogen-bond donors (Lipinski definition) is 1. The molecule has 1 rings (SSSR count). The zero-order chi connectivity index (χ0) is 10.4. The molecule has 0 unspecified atom stereocenters. The molecule has 1 fully saturated rings. The van der Waals surface area contributed by atoms with Crippen LogP contribution >= 0.6 is 0 Å². The molecular formula is C11H21NO2. The van der Waals surface area contributed by atoms with Gasteiger partial charge in [0.25, 0.3) is 0 Å². The molecule has 0 spiro atoms. The number of rotatable bonds is 4. The Kier molecular flexibility index (Phi) is 4.94. The normalized spacial score (nSPS) is 27.3. The summed E-state index contributed by atoms with van der Waals surface area (Å²) in [6, 6.07) is 0. The molecule has 0 amide bonds. The van der Waals surface area contributed by atoms with E-state index in [0.717, 1.165) is 31.7 Å². The van der Waals surface area contributed by atoms with Crippen LogP contribution in [0.25, 0.3) is 0 Å². The van der Waals surface area contributed by atoms with Crippen LogP contribution in [0.2, 0.25) is 0 Å². The number of esters is 1. The van der Waals surface area contributed by atoms with Crippen LogP contribution in [0, 0.1) is 11.8 Å². The first-order chi connectivity index (χ1) is 6.77. The van der Waals surface area contributed by atoms with E-state index in [0.29, 0.717) is 0 Å². The van der Waals surface area contributed by atoms with Crippen molar-refractivity contribution in [2.75, 3.05) is 13.7 Å². The fourth-order valence-corrected chi connectivity index (χ4v) is 2.26. The predicted molar refractivity (Wildman–Crippen MR) is 55.8 cm³/mol. The lowest BCUT2D eigenvalue weighted by molar-refractivity contribution is -0.146. The Balaban J connectivity index is 2.20. The molecule has 82 valence electrons. The van der Waals surface area contributed by atoms with Gasteiger partial charge < -0.3 is 10.5 Å². The average Bonchev–Trinajstić information content (AvgIpc) is 2.26. The largest absolute Gasteiger partial charge is 0.469 e. The third-order valence-electron chi connectivity index (χ3n) is 3.20. The highest BCUT2D eigenvalue weighted by molar-refractivity contribution is 5.72. The number of ether oxygens (including phenoxy) is 1. The zero-order valence-corrected chi connectivity index (χ0v) is 9.00. The number of carbonyl (C=O) groups excluding carboxylic acids is 1. The van der Waals surface area contributed by atoms with Gasteiger partial charge in [-0.25, -0.2) is 0 Å². The summed E-state index contributed by atoms with van der Waals surface area (Å²) in [5.74, 6) is 0.927. The van der Waals surface area contributed by atoms with Crippen molar-refractivity contribution in [3.8, 4) is 0 Å². The van der Waals surface area contributed by atoms with E-state index >= 15 is 0 Å². The summed E-state index contributed by atoms with van der Waals surface area (Å²) in [6.45, 7) is 0.789. The second-order valence-corrected chi connectivity index (χ2v) is 4.17. The van der Waals surface area contributed by atoms with E-state index in [1.54, 1.807) is 0 Å². The van der Waals surface area contributed by atoms with Crippen molar-refractivity contribution in [1.29, 1.82) is 0 Å². The summed E-state index contributed by atoms with van der Waals surface area (Å²) in [6.07, 6.45) is 6.68. The Morgan fingerprint density at radius 2 is 2.00 bits per heavy atom. The highest BCUT2D eigenvalue weighted by Gasteiger charge is 2.26. The van der Waals surface area contributed by atoms with E-state index in [4.69, 9.17) is 10.5 Å². The molecule has 0 aromatic rings. The second-order valence-electron chi connectivity index (χ2n) is 4.17. The molecule has 2 N–H and O–H groups in total. The van der Waals surface area contributed by atoms with Gasteiger partial charge in [-0.1, -0.05) is 0 Å². The fourth-order valence-electron chi connectivity index (χ4n) is 2.26. The maximum absolute atomic E-state index is 11.2. The third-order valence-corrected chi connectivity index (χ3v) is 3.20. The zero-order valence-electron chi connectivity index (χ0n) is 9.00. The maximum Gasteiger partial charge on any atom is 0.308 e. The third kappa shape index (κ3) is 3.29. The topological polar surface area (TPSA) is 52.3 Å². The summed E-state index contributed by atoms with van der Waals surface area (Å²) < 4.78 is 4.75. The molecule has 0 saturated heterocycles. The smallest absolute Gasteiger partial charge is 0.308 e. The van der Waals surface area contributed by atoms with Gasteiger partial charge in [0.1, 0.15) is 0 Å². The molecule has 1 aliphatic rings. The molecule has 0 radical (unpaired) electrons. The summed E-state index contributed by atoms with van der Waals surface area (Å²) >= 11 is 0. The first-order valence-electron chi connectivity index (χ1n) is 5.55. The van der Waals surface area contributed by atoms with Gasteiger partial charge in [-0.05, 0) is 51.0 Å². The SMILES string of the molecule is COC(=O)C1CCC(CCCN)CC1. The Bertz CT molecular complexity index is 174. The minimum Gasteiger partial charge on any atom is -0.469 e. The first-order valence-corrected chi connectivity index (χ1v) is 5.55. The maximum atomic E-state index is 11.2. The van der Waals surface area contributed by atoms with E-state index in [1.165, 1.54) is 26.4 Å². The van der Waals surface area contributed by atoms with Crippen LogP contribution in [0.4, 0.5) is 0 Å². The van der Waals surface area contributed by atoms with Crippen LogP contribution < -0.4 is 5.73 Å². The Hall–Kier alpha value is -0.570. The van der Waals surface area contributed by atoms with Gasteiger partial charge in [-0.3, -0.25) is 4.79 Å². The van der Waals surface area contributed by atoms with Crippen LogP contribution in [-0.4, -0.2) is 19.6 Å². The highest BCUT2D eigenvalue weighted by Crippen LogP contribution is 2.31. The molecule has 3 heteroatoms. The van der Waals surface area contributed by atoms with E-state index in [2.05, 4.69) is 0 Å². The van der Waals surface area contributed by atoms with Gasteiger partial charge in [-0.15, -0.1) is 0 Å². The van der Waals surface area contributed by atoms with Crippen LogP contribution in [0.3, 0.4) is 0 Å². The van der Waals surface area contributed by atoms with Crippen molar-refractivity contribution in [2.24, 2.45) is 17.6 Å². The molecule has 0 aromatic carbocycles. The van der Waals surface area contributed by atoms with Gasteiger partial charge in [0, 0.05) is 0 Å². The van der Waals surface area contributed by atoms with Crippen molar-refractivity contribution in [1.82, 2.24) is 0 Å². The molecule has 0 heterocycles. The van der Waals surface area contributed by atoms with Gasteiger partial charge >= 0.3 is 5.97 Å². The minimum atomic E-state index is -0.0257. The molecule has 0 aromatic heterocycles. The lowest BCUT2D eigenvalue weighted by Gasteiger charge is -2.26. The molecule has 0 atom stereocenters. The van der Waals surface area contributed by atoms with E-state index in [1.807, 2.05) is 0 Å². The molecule has 0 aliphatic heterocycles. The quantitative estimate of drug-likeness (QED) is 0.701. The highest BCUT2D eigenvalue weighted by atomic mass is 16.5. The average molecular weight is 199 g/mol. The van der Waals surface area contributed by atoms with Crippen molar-refractivity contribution >= 4 is 5.97 Å². The predicted octanol–water partition coefficient (Wildman–Crippen LogP) is 1.70. The molecule has 1 saturated carbocycles. The molecular weight excluding hydrogens is 178 g/mol. The summed E-state index contributed by atoms with van der Waals surface area (Å²) in [5.41, 5.74) is 5.47. The number of methoxy groups -OCH3 is 1. The summed E-state index contributed by atoms with van der Waals surface area (Å²) in [5, 5.41) is 0. The molecule has 14 heavy (non-hydrogen) atoms. The van der Waals surface area contributed by atoms with Gasteiger partial charge in [0.2, 0.25) is 0 Å². The van der Waals surface area contributed by atoms with Crippen LogP contribution in [-0.2, 0) is 9.53 Å². The standard InChI is InChI=1S/C11H21NO2/c1-14-11(13)10-6-4-9(5-7-10)3-2-8-12/h9-10H,2-8,12H2,1H3. The minimum absolute atomic E-state index is 0.0257. The Labute approximate surface area is 86.0 Å².